The van der Waals surface area contributed by atoms with Gasteiger partial charge in [0, 0.05) is 12.2 Å². The molecule has 0 aromatic heterocycles. The van der Waals surface area contributed by atoms with Crippen LogP contribution < -0.4 is 15.4 Å². The molecule has 1 heterocycles. The summed E-state index contributed by atoms with van der Waals surface area (Å²) < 4.78 is 10.3. The fourth-order valence-corrected chi connectivity index (χ4v) is 1.82. The van der Waals surface area contributed by atoms with Crippen molar-refractivity contribution in [2.24, 2.45) is 5.73 Å². The number of nitrogens with zero attached hydrogens (tertiary/aromatic N) is 1. The third kappa shape index (κ3) is 2.34. The molecule has 5 nitrogen and oxygen atoms in total. The molecule has 92 valence electrons. The summed E-state index contributed by atoms with van der Waals surface area (Å²) in [6.45, 7) is 3.29. The predicted octanol–water partition coefficient (Wildman–Crippen LogP) is 1.37. The lowest BCUT2D eigenvalue weighted by Gasteiger charge is -2.20. The standard InChI is InChI=1S/C12H16N2O3/c1-2-16-11-5-3-9(4-6-11)14-10(7-13)8-17-12(14)15/h3-6,10H,2,7-8,13H2,1H3. The Kier molecular flexibility index (Phi) is 3.49. The molecule has 0 aliphatic carbocycles. The van der Waals surface area contributed by atoms with E-state index in [1.165, 1.54) is 0 Å². The molecular weight excluding hydrogens is 220 g/mol. The minimum atomic E-state index is -0.343. The van der Waals surface area contributed by atoms with Crippen LogP contribution in [0.2, 0.25) is 0 Å². The number of rotatable bonds is 4. The molecule has 1 aliphatic rings. The van der Waals surface area contributed by atoms with Crippen molar-refractivity contribution in [3.8, 4) is 5.75 Å². The first kappa shape index (κ1) is 11.7. The lowest BCUT2D eigenvalue weighted by Crippen LogP contribution is -2.38. The Balaban J connectivity index is 2.18. The molecule has 1 amide bonds. The maximum absolute atomic E-state index is 11.6. The Hall–Kier alpha value is -1.75. The van der Waals surface area contributed by atoms with Gasteiger partial charge in [-0.3, -0.25) is 4.90 Å². The summed E-state index contributed by atoms with van der Waals surface area (Å²) in [5.41, 5.74) is 6.39. The van der Waals surface area contributed by atoms with Crippen LogP contribution in [0.15, 0.2) is 24.3 Å². The second kappa shape index (κ2) is 5.05. The number of carbonyl (C=O) groups excluding carboxylic acids is 1. The van der Waals surface area contributed by atoms with Crippen molar-refractivity contribution in [2.75, 3.05) is 24.7 Å². The number of anilines is 1. The number of hydrogen-bond donors (Lipinski definition) is 1. The van der Waals surface area contributed by atoms with Gasteiger partial charge in [0.1, 0.15) is 12.4 Å². The van der Waals surface area contributed by atoms with Crippen LogP contribution >= 0.6 is 0 Å². The number of nitrogens with two attached hydrogens (primary N) is 1. The molecule has 1 aromatic rings. The molecule has 0 radical (unpaired) electrons. The third-order valence-electron chi connectivity index (χ3n) is 2.66. The first-order valence-electron chi connectivity index (χ1n) is 5.65. The Labute approximate surface area is 100 Å². The predicted molar refractivity (Wildman–Crippen MR) is 64.3 cm³/mol. The van der Waals surface area contributed by atoms with E-state index in [9.17, 15) is 4.79 Å². The molecule has 0 spiro atoms. The van der Waals surface area contributed by atoms with Crippen LogP contribution in [0.25, 0.3) is 0 Å². The molecule has 1 saturated heterocycles. The molecule has 1 aliphatic heterocycles. The largest absolute Gasteiger partial charge is 0.494 e. The summed E-state index contributed by atoms with van der Waals surface area (Å²) >= 11 is 0. The van der Waals surface area contributed by atoms with E-state index in [0.717, 1.165) is 11.4 Å². The molecule has 2 N–H and O–H groups in total. The van der Waals surface area contributed by atoms with Gasteiger partial charge in [0.05, 0.1) is 12.6 Å². The van der Waals surface area contributed by atoms with Gasteiger partial charge in [-0.2, -0.15) is 0 Å². The monoisotopic (exact) mass is 236 g/mol. The highest BCUT2D eigenvalue weighted by molar-refractivity contribution is 5.90. The number of ether oxygens (including phenoxy) is 2. The van der Waals surface area contributed by atoms with Crippen molar-refractivity contribution in [3.05, 3.63) is 24.3 Å². The average Bonchev–Trinajstić information content (AvgIpc) is 2.72. The van der Waals surface area contributed by atoms with Crippen LogP contribution in [0, 0.1) is 0 Å². The zero-order valence-electron chi connectivity index (χ0n) is 9.76. The van der Waals surface area contributed by atoms with Crippen molar-refractivity contribution >= 4 is 11.8 Å². The summed E-state index contributed by atoms with van der Waals surface area (Å²) in [6, 6.07) is 7.25. The Bertz CT molecular complexity index is 391. The lowest BCUT2D eigenvalue weighted by molar-refractivity contribution is 0.179. The van der Waals surface area contributed by atoms with Crippen LogP contribution in [-0.4, -0.2) is 31.9 Å². The second-order valence-corrected chi connectivity index (χ2v) is 3.76. The molecule has 0 bridgehead atoms. The Morgan fingerprint density at radius 2 is 2.18 bits per heavy atom. The van der Waals surface area contributed by atoms with Crippen molar-refractivity contribution < 1.29 is 14.3 Å². The summed E-state index contributed by atoms with van der Waals surface area (Å²) in [7, 11) is 0. The first-order valence-corrected chi connectivity index (χ1v) is 5.65. The van der Waals surface area contributed by atoms with Gasteiger partial charge in [-0.1, -0.05) is 0 Å². The van der Waals surface area contributed by atoms with Gasteiger partial charge in [0.15, 0.2) is 0 Å². The molecule has 1 atom stereocenters. The van der Waals surface area contributed by atoms with Crippen LogP contribution in [0.3, 0.4) is 0 Å². The van der Waals surface area contributed by atoms with Gasteiger partial charge in [-0.05, 0) is 31.2 Å². The van der Waals surface area contributed by atoms with Crippen molar-refractivity contribution in [1.29, 1.82) is 0 Å². The summed E-state index contributed by atoms with van der Waals surface area (Å²) in [6.07, 6.45) is -0.343. The van der Waals surface area contributed by atoms with Gasteiger partial charge in [-0.25, -0.2) is 4.79 Å². The van der Waals surface area contributed by atoms with Gasteiger partial charge >= 0.3 is 6.09 Å². The van der Waals surface area contributed by atoms with Crippen LogP contribution in [0.5, 0.6) is 5.75 Å². The number of hydrogen-bond acceptors (Lipinski definition) is 4. The van der Waals surface area contributed by atoms with Gasteiger partial charge in [0.25, 0.3) is 0 Å². The number of amides is 1. The maximum Gasteiger partial charge on any atom is 0.414 e. The Morgan fingerprint density at radius 3 is 2.76 bits per heavy atom. The molecule has 5 heteroatoms. The van der Waals surface area contributed by atoms with E-state index >= 15 is 0 Å². The molecule has 17 heavy (non-hydrogen) atoms. The molecule has 1 fully saturated rings. The van der Waals surface area contributed by atoms with E-state index in [0.29, 0.717) is 19.8 Å². The minimum Gasteiger partial charge on any atom is -0.494 e. The van der Waals surface area contributed by atoms with E-state index in [-0.39, 0.29) is 12.1 Å². The fourth-order valence-electron chi connectivity index (χ4n) is 1.82. The van der Waals surface area contributed by atoms with Gasteiger partial charge in [-0.15, -0.1) is 0 Å². The first-order chi connectivity index (χ1) is 8.26. The molecule has 1 unspecified atom stereocenters. The third-order valence-corrected chi connectivity index (χ3v) is 2.66. The molecule has 1 aromatic carbocycles. The van der Waals surface area contributed by atoms with Crippen LogP contribution in [-0.2, 0) is 4.74 Å². The highest BCUT2D eigenvalue weighted by Crippen LogP contribution is 2.25. The fraction of sp³-hybridized carbons (Fsp3) is 0.417. The average molecular weight is 236 g/mol. The number of cyclic esters (lactones) is 1. The van der Waals surface area contributed by atoms with E-state index in [2.05, 4.69) is 0 Å². The highest BCUT2D eigenvalue weighted by Gasteiger charge is 2.32. The maximum atomic E-state index is 11.6. The van der Waals surface area contributed by atoms with Crippen molar-refractivity contribution in [1.82, 2.24) is 0 Å². The summed E-state index contributed by atoms with van der Waals surface area (Å²) in [5, 5.41) is 0. The lowest BCUT2D eigenvalue weighted by atomic mass is 10.2. The van der Waals surface area contributed by atoms with Crippen molar-refractivity contribution in [2.45, 2.75) is 13.0 Å². The van der Waals surface area contributed by atoms with Crippen LogP contribution in [0.1, 0.15) is 6.92 Å². The number of benzene rings is 1. The molecule has 0 saturated carbocycles. The zero-order chi connectivity index (χ0) is 12.3. The number of carbonyl (C=O) groups is 1. The van der Waals surface area contributed by atoms with Gasteiger partial charge in [0.2, 0.25) is 0 Å². The molecule has 2 rings (SSSR count). The SMILES string of the molecule is CCOc1ccc(N2C(=O)OCC2CN)cc1. The van der Waals surface area contributed by atoms with Crippen LogP contribution in [0.4, 0.5) is 10.5 Å². The quantitative estimate of drug-likeness (QED) is 0.857. The van der Waals surface area contributed by atoms with E-state index in [4.69, 9.17) is 15.2 Å². The Morgan fingerprint density at radius 1 is 1.47 bits per heavy atom. The van der Waals surface area contributed by atoms with E-state index in [1.54, 1.807) is 4.90 Å². The van der Waals surface area contributed by atoms with E-state index < -0.39 is 0 Å². The zero-order valence-corrected chi connectivity index (χ0v) is 9.76. The summed E-state index contributed by atoms with van der Waals surface area (Å²) in [5.74, 6) is 0.785. The van der Waals surface area contributed by atoms with E-state index in [1.807, 2.05) is 31.2 Å². The van der Waals surface area contributed by atoms with Crippen molar-refractivity contribution in [3.63, 3.8) is 0 Å². The highest BCUT2D eigenvalue weighted by atomic mass is 16.6. The normalized spacial score (nSPS) is 19.3. The smallest absolute Gasteiger partial charge is 0.414 e. The summed E-state index contributed by atoms with van der Waals surface area (Å²) in [4.78, 5) is 13.2. The van der Waals surface area contributed by atoms with Gasteiger partial charge < -0.3 is 15.2 Å². The second-order valence-electron chi connectivity index (χ2n) is 3.76. The molecular formula is C12H16N2O3. The minimum absolute atomic E-state index is 0.0829. The topological polar surface area (TPSA) is 64.8 Å².